The van der Waals surface area contributed by atoms with Gasteiger partial charge in [0.05, 0.1) is 12.0 Å². The average Bonchev–Trinajstić information content (AvgIpc) is 3.47. The lowest BCUT2D eigenvalue weighted by Crippen LogP contribution is -2.32. The molecule has 3 atom stereocenters. The number of hydrogen-bond acceptors (Lipinski definition) is 3. The number of rotatable bonds is 8. The Morgan fingerprint density at radius 3 is 2.65 bits per heavy atom. The van der Waals surface area contributed by atoms with Crippen LogP contribution in [-0.2, 0) is 16.8 Å². The molecule has 2 fully saturated rings. The summed E-state index contributed by atoms with van der Waals surface area (Å²) in [4.78, 5) is 31.3. The van der Waals surface area contributed by atoms with Gasteiger partial charge in [0, 0.05) is 34.7 Å². The molecule has 1 aliphatic carbocycles. The van der Waals surface area contributed by atoms with E-state index >= 15 is 0 Å². The minimum Gasteiger partial charge on any atom is -0.307 e. The summed E-state index contributed by atoms with van der Waals surface area (Å²) in [7, 11) is 2.18. The number of benzene rings is 3. The van der Waals surface area contributed by atoms with Gasteiger partial charge in [-0.2, -0.15) is 0 Å². The second-order valence-corrected chi connectivity index (χ2v) is 11.4. The fourth-order valence-corrected chi connectivity index (χ4v) is 6.74. The number of hydrogen-bond donors (Lipinski definition) is 0. The lowest BCUT2D eigenvalue weighted by Gasteiger charge is -2.19. The van der Waals surface area contributed by atoms with Gasteiger partial charge < -0.3 is 9.80 Å². The predicted molar refractivity (Wildman–Crippen MR) is 148 cm³/mol. The summed E-state index contributed by atoms with van der Waals surface area (Å²) in [5.41, 5.74) is 4.50. The zero-order valence-corrected chi connectivity index (χ0v) is 22.1. The highest BCUT2D eigenvalue weighted by molar-refractivity contribution is 6.30. The molecule has 3 aliphatic rings. The first-order chi connectivity index (χ1) is 18.0. The standard InChI is InChI=1S/C32H33ClN2O2/c1-34-18-6-10-26(34)9-5-13-30(36)24-8-4-7-22(19-24)21-35-29-12-3-2-11-27(29)32(31(35)37)20-28(32)23-14-16-25(33)17-15-23/h2-4,7-8,11-12,14-17,19,26,28H,5-6,9-10,13,18,20-21H2,1H3/t26?,28-,32-/m1/s1. The predicted octanol–water partition coefficient (Wildman–Crippen LogP) is 6.76. The SMILES string of the molecule is CN1CCCC1CCCC(=O)c1cccc(CN2C(=O)[C@]3(C[C@@H]3c3ccc(Cl)cc3)c3ccccc32)c1. The van der Waals surface area contributed by atoms with Gasteiger partial charge >= 0.3 is 0 Å². The molecule has 1 saturated heterocycles. The number of carbonyl (C=O) groups excluding carboxylic acids is 2. The molecule has 1 unspecified atom stereocenters. The van der Waals surface area contributed by atoms with Crippen LogP contribution in [0.1, 0.15) is 71.5 Å². The first-order valence-electron chi connectivity index (χ1n) is 13.5. The molecule has 3 aromatic rings. The van der Waals surface area contributed by atoms with Gasteiger partial charge in [-0.05, 0) is 86.7 Å². The molecule has 2 heterocycles. The molecule has 0 aromatic heterocycles. The largest absolute Gasteiger partial charge is 0.307 e. The summed E-state index contributed by atoms with van der Waals surface area (Å²) in [5, 5.41) is 0.707. The molecular formula is C32H33ClN2O2. The van der Waals surface area contributed by atoms with E-state index in [1.807, 2.05) is 71.6 Å². The van der Waals surface area contributed by atoms with Crippen LogP contribution in [0.2, 0.25) is 5.02 Å². The van der Waals surface area contributed by atoms with Gasteiger partial charge in [-0.1, -0.05) is 60.1 Å². The van der Waals surface area contributed by atoms with E-state index in [-0.39, 0.29) is 17.6 Å². The highest BCUT2D eigenvalue weighted by Crippen LogP contribution is 2.66. The third-order valence-corrected chi connectivity index (χ3v) is 8.99. The normalized spacial score (nSPS) is 24.6. The molecule has 1 spiro atoms. The Morgan fingerprint density at radius 1 is 1.05 bits per heavy atom. The van der Waals surface area contributed by atoms with E-state index in [0.29, 0.717) is 24.0 Å². The fourth-order valence-electron chi connectivity index (χ4n) is 6.62. The molecule has 190 valence electrons. The van der Waals surface area contributed by atoms with Crippen LogP contribution >= 0.6 is 11.6 Å². The first kappa shape index (κ1) is 24.4. The lowest BCUT2D eigenvalue weighted by molar-refractivity contribution is -0.120. The van der Waals surface area contributed by atoms with Crippen molar-refractivity contribution < 1.29 is 9.59 Å². The molecule has 2 aliphatic heterocycles. The van der Waals surface area contributed by atoms with Crippen LogP contribution in [0.5, 0.6) is 0 Å². The topological polar surface area (TPSA) is 40.6 Å². The minimum atomic E-state index is -0.495. The van der Waals surface area contributed by atoms with Crippen molar-refractivity contribution >= 4 is 29.0 Å². The van der Waals surface area contributed by atoms with Gasteiger partial charge in [-0.3, -0.25) is 9.59 Å². The summed E-state index contributed by atoms with van der Waals surface area (Å²) in [6.45, 7) is 1.64. The molecule has 3 aromatic carbocycles. The van der Waals surface area contributed by atoms with E-state index in [0.717, 1.165) is 47.2 Å². The Balaban J connectivity index is 1.17. The van der Waals surface area contributed by atoms with Gasteiger partial charge in [0.25, 0.3) is 0 Å². The summed E-state index contributed by atoms with van der Waals surface area (Å²) in [6.07, 6.45) is 5.90. The van der Waals surface area contributed by atoms with Crippen LogP contribution < -0.4 is 4.90 Å². The van der Waals surface area contributed by atoms with E-state index in [4.69, 9.17) is 11.6 Å². The summed E-state index contributed by atoms with van der Waals surface area (Å²) in [5.74, 6) is 0.512. The van der Waals surface area contributed by atoms with Crippen LogP contribution in [0.25, 0.3) is 0 Å². The van der Waals surface area contributed by atoms with E-state index in [1.165, 1.54) is 19.4 Å². The van der Waals surface area contributed by atoms with Crippen LogP contribution in [-0.4, -0.2) is 36.2 Å². The van der Waals surface area contributed by atoms with E-state index in [2.05, 4.69) is 18.0 Å². The van der Waals surface area contributed by atoms with Crippen LogP contribution in [0.15, 0.2) is 72.8 Å². The van der Waals surface area contributed by atoms with Crippen molar-refractivity contribution in [2.75, 3.05) is 18.5 Å². The number of amides is 1. The highest BCUT2D eigenvalue weighted by atomic mass is 35.5. The number of likely N-dealkylation sites (tertiary alicyclic amines) is 1. The van der Waals surface area contributed by atoms with Crippen LogP contribution in [0, 0.1) is 0 Å². The first-order valence-corrected chi connectivity index (χ1v) is 13.8. The summed E-state index contributed by atoms with van der Waals surface area (Å²) >= 11 is 6.11. The van der Waals surface area contributed by atoms with Gasteiger partial charge in [-0.25, -0.2) is 0 Å². The number of para-hydroxylation sites is 1. The molecule has 6 rings (SSSR count). The number of ketones is 1. The van der Waals surface area contributed by atoms with Crippen LogP contribution in [0.3, 0.4) is 0 Å². The van der Waals surface area contributed by atoms with Crippen LogP contribution in [0.4, 0.5) is 5.69 Å². The lowest BCUT2D eigenvalue weighted by atomic mass is 9.92. The second kappa shape index (κ2) is 9.74. The maximum absolute atomic E-state index is 13.9. The Morgan fingerprint density at radius 2 is 1.86 bits per heavy atom. The summed E-state index contributed by atoms with van der Waals surface area (Å²) < 4.78 is 0. The number of anilines is 1. The third kappa shape index (κ3) is 4.41. The molecule has 1 saturated carbocycles. The molecule has 0 N–H and O–H groups in total. The molecule has 0 bridgehead atoms. The van der Waals surface area contributed by atoms with Gasteiger partial charge in [-0.15, -0.1) is 0 Å². The Hall–Kier alpha value is -2.95. The van der Waals surface area contributed by atoms with Crippen molar-refractivity contribution in [2.24, 2.45) is 0 Å². The van der Waals surface area contributed by atoms with E-state index < -0.39 is 5.41 Å². The second-order valence-electron chi connectivity index (χ2n) is 11.0. The third-order valence-electron chi connectivity index (χ3n) is 8.74. The number of halogens is 1. The Kier molecular flexibility index (Phi) is 6.42. The molecule has 1 amide bonds. The maximum atomic E-state index is 13.9. The van der Waals surface area contributed by atoms with Crippen molar-refractivity contribution in [3.05, 3.63) is 100 Å². The monoisotopic (exact) mass is 512 g/mol. The summed E-state index contributed by atoms with van der Waals surface area (Å²) in [6, 6.07) is 24.5. The molecule has 37 heavy (non-hydrogen) atoms. The number of fused-ring (bicyclic) bond motifs is 2. The number of carbonyl (C=O) groups is 2. The quantitative estimate of drug-likeness (QED) is 0.313. The van der Waals surface area contributed by atoms with Gasteiger partial charge in [0.15, 0.2) is 5.78 Å². The maximum Gasteiger partial charge on any atom is 0.238 e. The molecule has 0 radical (unpaired) electrons. The highest BCUT2D eigenvalue weighted by Gasteiger charge is 2.67. The van der Waals surface area contributed by atoms with E-state index in [9.17, 15) is 9.59 Å². The van der Waals surface area contributed by atoms with Crippen molar-refractivity contribution in [1.29, 1.82) is 0 Å². The number of Topliss-reactive ketones (excluding diaryl/α,β-unsaturated/α-hetero) is 1. The molecular weight excluding hydrogens is 480 g/mol. The van der Waals surface area contributed by atoms with Gasteiger partial charge in [0.1, 0.15) is 0 Å². The van der Waals surface area contributed by atoms with Crippen molar-refractivity contribution in [1.82, 2.24) is 4.90 Å². The zero-order chi connectivity index (χ0) is 25.6. The van der Waals surface area contributed by atoms with Crippen molar-refractivity contribution in [3.63, 3.8) is 0 Å². The molecule has 4 nitrogen and oxygen atoms in total. The zero-order valence-electron chi connectivity index (χ0n) is 21.3. The van der Waals surface area contributed by atoms with Gasteiger partial charge in [0.2, 0.25) is 5.91 Å². The van der Waals surface area contributed by atoms with E-state index in [1.54, 1.807) is 0 Å². The molecule has 5 heteroatoms. The smallest absolute Gasteiger partial charge is 0.238 e. The Bertz CT molecular complexity index is 1340. The average molecular weight is 513 g/mol. The van der Waals surface area contributed by atoms with Crippen molar-refractivity contribution in [3.8, 4) is 0 Å². The Labute approximate surface area is 224 Å². The fraction of sp³-hybridized carbons (Fsp3) is 0.375. The minimum absolute atomic E-state index is 0.158. The number of nitrogens with zero attached hydrogens (tertiary/aromatic N) is 2. The van der Waals surface area contributed by atoms with Crippen molar-refractivity contribution in [2.45, 2.75) is 62.4 Å².